The van der Waals surface area contributed by atoms with Crippen LogP contribution in [-0.4, -0.2) is 20.2 Å². The topological polar surface area (TPSA) is 80.5 Å². The van der Waals surface area contributed by atoms with Crippen molar-refractivity contribution in [3.8, 4) is 0 Å². The average molecular weight is 207 g/mol. The van der Waals surface area contributed by atoms with Crippen LogP contribution in [-0.2, 0) is 0 Å². The predicted molar refractivity (Wildman–Crippen MR) is 53.9 cm³/mol. The normalized spacial score (nSPS) is 10.4. The van der Waals surface area contributed by atoms with Crippen molar-refractivity contribution >= 4 is 17.4 Å². The van der Waals surface area contributed by atoms with E-state index in [0.29, 0.717) is 5.16 Å². The summed E-state index contributed by atoms with van der Waals surface area (Å²) in [6, 6.07) is 1.82. The second kappa shape index (κ2) is 3.67. The van der Waals surface area contributed by atoms with Crippen molar-refractivity contribution in [2.75, 3.05) is 5.73 Å². The van der Waals surface area contributed by atoms with Gasteiger partial charge in [-0.15, -0.1) is 0 Å². The van der Waals surface area contributed by atoms with E-state index in [1.54, 1.807) is 6.20 Å². The third-order valence-corrected chi connectivity index (χ3v) is 2.54. The molecular weight excluding hydrogens is 198 g/mol. The van der Waals surface area contributed by atoms with E-state index in [9.17, 15) is 0 Å². The van der Waals surface area contributed by atoms with Crippen molar-refractivity contribution in [2.24, 2.45) is 0 Å². The molecule has 0 aliphatic rings. The zero-order valence-corrected chi connectivity index (χ0v) is 8.38. The van der Waals surface area contributed by atoms with Crippen LogP contribution in [0.25, 0.3) is 0 Å². The molecule has 0 atom stereocenters. The minimum atomic E-state index is 0.709. The average Bonchev–Trinajstić information content (AvgIpc) is 2.64. The molecule has 0 radical (unpaired) electrons. The van der Waals surface area contributed by atoms with Crippen LogP contribution in [0.5, 0.6) is 0 Å². The first-order chi connectivity index (χ1) is 6.75. The number of nitrogens with two attached hydrogens (primary N) is 1. The van der Waals surface area contributed by atoms with Gasteiger partial charge in [-0.3, -0.25) is 5.10 Å². The van der Waals surface area contributed by atoms with Gasteiger partial charge in [-0.1, -0.05) is 0 Å². The van der Waals surface area contributed by atoms with E-state index in [1.165, 1.54) is 18.1 Å². The summed E-state index contributed by atoms with van der Waals surface area (Å²) in [7, 11) is 0. The number of nitrogen functional groups attached to an aromatic ring is 1. The third-order valence-electron chi connectivity index (χ3n) is 1.71. The number of nitrogens with one attached hydrogen (secondary N) is 1. The zero-order valence-electron chi connectivity index (χ0n) is 7.56. The van der Waals surface area contributed by atoms with E-state index in [-0.39, 0.29) is 0 Å². The van der Waals surface area contributed by atoms with E-state index < -0.39 is 0 Å². The first-order valence-corrected chi connectivity index (χ1v) is 4.82. The van der Waals surface area contributed by atoms with Gasteiger partial charge in [0.25, 0.3) is 0 Å². The largest absolute Gasteiger partial charge is 0.398 e. The zero-order chi connectivity index (χ0) is 9.97. The minimum absolute atomic E-state index is 0.709. The molecule has 14 heavy (non-hydrogen) atoms. The second-order valence-electron chi connectivity index (χ2n) is 2.77. The number of nitrogens with zero attached hydrogens (tertiary/aromatic N) is 3. The molecule has 0 aromatic carbocycles. The molecule has 6 heteroatoms. The summed E-state index contributed by atoms with van der Waals surface area (Å²) in [6.45, 7) is 1.92. The number of rotatable bonds is 2. The lowest BCUT2D eigenvalue weighted by molar-refractivity contribution is 0.967. The maximum absolute atomic E-state index is 5.75. The molecule has 0 spiro atoms. The van der Waals surface area contributed by atoms with Gasteiger partial charge < -0.3 is 5.73 Å². The molecule has 2 aromatic rings. The maximum atomic E-state index is 5.75. The third kappa shape index (κ3) is 1.85. The number of H-pyrrole nitrogens is 1. The summed E-state index contributed by atoms with van der Waals surface area (Å²) >= 11 is 1.40. The van der Waals surface area contributed by atoms with Crippen LogP contribution in [0.4, 0.5) is 5.69 Å². The number of aromatic nitrogens is 4. The van der Waals surface area contributed by atoms with Gasteiger partial charge in [0.2, 0.25) is 0 Å². The number of pyridine rings is 1. The van der Waals surface area contributed by atoms with E-state index in [2.05, 4.69) is 20.2 Å². The van der Waals surface area contributed by atoms with Gasteiger partial charge in [0.05, 0.1) is 0 Å². The van der Waals surface area contributed by atoms with Crippen molar-refractivity contribution in [3.05, 3.63) is 24.2 Å². The van der Waals surface area contributed by atoms with Gasteiger partial charge >= 0.3 is 0 Å². The number of anilines is 1. The highest BCUT2D eigenvalue weighted by Gasteiger charge is 2.02. The Balaban J connectivity index is 2.22. The highest BCUT2D eigenvalue weighted by molar-refractivity contribution is 7.99. The molecule has 2 rings (SSSR count). The minimum Gasteiger partial charge on any atom is -0.398 e. The predicted octanol–water partition coefficient (Wildman–Crippen LogP) is 1.24. The molecule has 5 nitrogen and oxygen atoms in total. The second-order valence-corrected chi connectivity index (χ2v) is 3.78. The van der Waals surface area contributed by atoms with Crippen molar-refractivity contribution in [1.29, 1.82) is 0 Å². The van der Waals surface area contributed by atoms with Gasteiger partial charge in [-0.2, -0.15) is 5.10 Å². The molecule has 3 N–H and O–H groups in total. The van der Waals surface area contributed by atoms with Crippen LogP contribution in [0.3, 0.4) is 0 Å². The highest BCUT2D eigenvalue weighted by atomic mass is 32.2. The molecule has 0 unspecified atom stereocenters. The van der Waals surface area contributed by atoms with Gasteiger partial charge in [0.15, 0.2) is 5.16 Å². The van der Waals surface area contributed by atoms with Crippen molar-refractivity contribution < 1.29 is 0 Å². The molecule has 0 aliphatic carbocycles. The quantitative estimate of drug-likeness (QED) is 0.774. The van der Waals surface area contributed by atoms with Crippen LogP contribution in [0.2, 0.25) is 0 Å². The van der Waals surface area contributed by atoms with Gasteiger partial charge in [0, 0.05) is 11.9 Å². The summed E-state index contributed by atoms with van der Waals surface area (Å²) in [5.74, 6) is 0. The van der Waals surface area contributed by atoms with E-state index in [1.807, 2.05) is 13.0 Å². The molecular formula is C8H9N5S. The van der Waals surface area contributed by atoms with E-state index in [0.717, 1.165) is 16.3 Å². The molecule has 0 saturated heterocycles. The Morgan fingerprint density at radius 1 is 1.43 bits per heavy atom. The highest BCUT2D eigenvalue weighted by Crippen LogP contribution is 2.24. The molecule has 72 valence electrons. The van der Waals surface area contributed by atoms with Crippen molar-refractivity contribution in [3.63, 3.8) is 0 Å². The Bertz CT molecular complexity index is 425. The van der Waals surface area contributed by atoms with E-state index in [4.69, 9.17) is 5.73 Å². The Hall–Kier alpha value is -1.56. The molecule has 2 heterocycles. The molecule has 0 aliphatic heterocycles. The fourth-order valence-electron chi connectivity index (χ4n) is 0.917. The number of aromatic amines is 1. The van der Waals surface area contributed by atoms with Crippen LogP contribution in [0, 0.1) is 6.92 Å². The summed E-state index contributed by atoms with van der Waals surface area (Å²) in [5, 5.41) is 8.00. The van der Waals surface area contributed by atoms with Gasteiger partial charge in [-0.25, -0.2) is 9.97 Å². The number of aryl methyl sites for hydroxylation is 1. The Labute approximate surface area is 85.2 Å². The van der Waals surface area contributed by atoms with Crippen LogP contribution in [0.15, 0.2) is 28.8 Å². The Morgan fingerprint density at radius 2 is 2.29 bits per heavy atom. The summed E-state index contributed by atoms with van der Waals surface area (Å²) in [6.07, 6.45) is 3.20. The Kier molecular flexibility index (Phi) is 2.36. The van der Waals surface area contributed by atoms with E-state index >= 15 is 0 Å². The number of hydrogen-bond donors (Lipinski definition) is 2. The summed E-state index contributed by atoms with van der Waals surface area (Å²) < 4.78 is 0. The molecule has 0 amide bonds. The van der Waals surface area contributed by atoms with Crippen molar-refractivity contribution in [2.45, 2.75) is 17.1 Å². The molecule has 0 bridgehead atoms. The fraction of sp³-hybridized carbons (Fsp3) is 0.125. The standard InChI is InChI=1S/C8H9N5S/c1-5-3-10-7(2-6(5)9)14-8-11-4-12-13-8/h2-4H,1H3,(H2,9,10)(H,11,12,13). The lowest BCUT2D eigenvalue weighted by atomic mass is 10.3. The molecule has 0 saturated carbocycles. The van der Waals surface area contributed by atoms with Gasteiger partial charge in [-0.05, 0) is 30.3 Å². The lowest BCUT2D eigenvalue weighted by Gasteiger charge is -2.01. The van der Waals surface area contributed by atoms with Gasteiger partial charge in [0.1, 0.15) is 11.4 Å². The number of hydrogen-bond acceptors (Lipinski definition) is 5. The SMILES string of the molecule is Cc1cnc(Sc2ncn[nH]2)cc1N. The first-order valence-electron chi connectivity index (χ1n) is 4.01. The summed E-state index contributed by atoms with van der Waals surface area (Å²) in [4.78, 5) is 8.19. The summed E-state index contributed by atoms with van der Waals surface area (Å²) in [5.41, 5.74) is 7.47. The smallest absolute Gasteiger partial charge is 0.189 e. The van der Waals surface area contributed by atoms with Crippen LogP contribution in [0.1, 0.15) is 5.56 Å². The Morgan fingerprint density at radius 3 is 2.93 bits per heavy atom. The van der Waals surface area contributed by atoms with Crippen LogP contribution >= 0.6 is 11.8 Å². The lowest BCUT2D eigenvalue weighted by Crippen LogP contribution is -1.92. The fourth-order valence-corrected chi connectivity index (χ4v) is 1.61. The molecule has 0 fully saturated rings. The van der Waals surface area contributed by atoms with Crippen LogP contribution < -0.4 is 5.73 Å². The first kappa shape index (κ1) is 9.01. The maximum Gasteiger partial charge on any atom is 0.189 e. The monoisotopic (exact) mass is 207 g/mol. The van der Waals surface area contributed by atoms with Crippen molar-refractivity contribution in [1.82, 2.24) is 20.2 Å². The molecule has 2 aromatic heterocycles.